The summed E-state index contributed by atoms with van der Waals surface area (Å²) in [5, 5.41) is 5.82. The number of nitrogens with two attached hydrogens (primary N) is 1. The third-order valence-corrected chi connectivity index (χ3v) is 2.59. The van der Waals surface area contributed by atoms with Crippen LogP contribution in [-0.2, 0) is 0 Å². The minimum Gasteiger partial charge on any atom is -0.393 e. The van der Waals surface area contributed by atoms with Crippen molar-refractivity contribution < 1.29 is 4.39 Å². The van der Waals surface area contributed by atoms with E-state index in [1.807, 2.05) is 0 Å². The minimum absolute atomic E-state index is 0.0291. The van der Waals surface area contributed by atoms with Crippen molar-refractivity contribution in [3.05, 3.63) is 35.4 Å². The molecule has 0 radical (unpaired) electrons. The van der Waals surface area contributed by atoms with Crippen LogP contribution in [0, 0.1) is 5.82 Å². The van der Waals surface area contributed by atoms with Crippen LogP contribution in [0.3, 0.4) is 0 Å². The SMILES string of the molecule is CNc1ncnc(Nc2ccc(F)c(Cl)c2)c1N. The van der Waals surface area contributed by atoms with Crippen LogP contribution in [0.5, 0.6) is 0 Å². The average Bonchev–Trinajstić information content (AvgIpc) is 2.36. The van der Waals surface area contributed by atoms with E-state index in [2.05, 4.69) is 20.6 Å². The molecule has 0 saturated heterocycles. The zero-order valence-corrected chi connectivity index (χ0v) is 10.3. The molecule has 0 amide bonds. The molecular formula is C11H11ClFN5. The largest absolute Gasteiger partial charge is 0.393 e. The second-order valence-electron chi connectivity index (χ2n) is 3.49. The molecule has 1 aromatic carbocycles. The van der Waals surface area contributed by atoms with Gasteiger partial charge in [-0.2, -0.15) is 0 Å². The van der Waals surface area contributed by atoms with E-state index >= 15 is 0 Å². The molecule has 4 N–H and O–H groups in total. The molecule has 0 aliphatic heterocycles. The van der Waals surface area contributed by atoms with Crippen LogP contribution < -0.4 is 16.4 Å². The smallest absolute Gasteiger partial charge is 0.159 e. The molecule has 0 unspecified atom stereocenters. The van der Waals surface area contributed by atoms with Crippen molar-refractivity contribution in [3.63, 3.8) is 0 Å². The molecule has 0 saturated carbocycles. The summed E-state index contributed by atoms with van der Waals surface area (Å²) in [6, 6.07) is 4.26. The lowest BCUT2D eigenvalue weighted by atomic mass is 10.3. The van der Waals surface area contributed by atoms with Gasteiger partial charge in [0.05, 0.1) is 5.02 Å². The first-order valence-corrected chi connectivity index (χ1v) is 5.50. The highest BCUT2D eigenvalue weighted by molar-refractivity contribution is 6.31. The van der Waals surface area contributed by atoms with Crippen molar-refractivity contribution in [1.82, 2.24) is 9.97 Å². The Hall–Kier alpha value is -2.08. The van der Waals surface area contributed by atoms with Gasteiger partial charge in [-0.3, -0.25) is 0 Å². The molecule has 18 heavy (non-hydrogen) atoms. The summed E-state index contributed by atoms with van der Waals surface area (Å²) in [5.74, 6) is 0.464. The molecule has 0 aliphatic carbocycles. The number of anilines is 4. The predicted molar refractivity (Wildman–Crippen MR) is 70.7 cm³/mol. The number of nitrogens with one attached hydrogen (secondary N) is 2. The van der Waals surface area contributed by atoms with Crippen LogP contribution in [0.25, 0.3) is 0 Å². The maximum atomic E-state index is 13.0. The Morgan fingerprint density at radius 3 is 2.67 bits per heavy atom. The van der Waals surface area contributed by atoms with E-state index in [0.717, 1.165) is 0 Å². The highest BCUT2D eigenvalue weighted by atomic mass is 35.5. The molecule has 1 heterocycles. The van der Waals surface area contributed by atoms with Crippen LogP contribution in [0.4, 0.5) is 27.4 Å². The van der Waals surface area contributed by atoms with Crippen LogP contribution in [0.1, 0.15) is 0 Å². The Morgan fingerprint density at radius 2 is 2.00 bits per heavy atom. The summed E-state index contributed by atoms with van der Waals surface area (Å²) in [5.41, 5.74) is 6.82. The molecule has 2 rings (SSSR count). The lowest BCUT2D eigenvalue weighted by Gasteiger charge is -2.10. The Balaban J connectivity index is 2.31. The van der Waals surface area contributed by atoms with Gasteiger partial charge in [-0.15, -0.1) is 0 Å². The summed E-state index contributed by atoms with van der Waals surface area (Å²) in [4.78, 5) is 7.97. The topological polar surface area (TPSA) is 75.9 Å². The molecule has 1 aromatic heterocycles. The summed E-state index contributed by atoms with van der Waals surface area (Å²) in [7, 11) is 1.71. The molecule has 5 nitrogen and oxygen atoms in total. The van der Waals surface area contributed by atoms with Gasteiger partial charge >= 0.3 is 0 Å². The van der Waals surface area contributed by atoms with Gasteiger partial charge in [0.15, 0.2) is 11.6 Å². The number of hydrogen-bond acceptors (Lipinski definition) is 5. The van der Waals surface area contributed by atoms with Crippen molar-refractivity contribution in [2.45, 2.75) is 0 Å². The summed E-state index contributed by atoms with van der Waals surface area (Å²) < 4.78 is 13.0. The van der Waals surface area contributed by atoms with Gasteiger partial charge < -0.3 is 16.4 Å². The number of rotatable bonds is 3. The van der Waals surface area contributed by atoms with E-state index in [1.54, 1.807) is 13.1 Å². The van der Waals surface area contributed by atoms with E-state index in [0.29, 0.717) is 23.0 Å². The quantitative estimate of drug-likeness (QED) is 0.797. The van der Waals surface area contributed by atoms with Crippen molar-refractivity contribution in [1.29, 1.82) is 0 Å². The number of nitrogens with zero attached hydrogens (tertiary/aromatic N) is 2. The van der Waals surface area contributed by atoms with Crippen LogP contribution in [-0.4, -0.2) is 17.0 Å². The van der Waals surface area contributed by atoms with E-state index in [-0.39, 0.29) is 5.02 Å². The lowest BCUT2D eigenvalue weighted by Crippen LogP contribution is -2.05. The molecule has 0 atom stereocenters. The highest BCUT2D eigenvalue weighted by Gasteiger charge is 2.08. The molecule has 0 bridgehead atoms. The van der Waals surface area contributed by atoms with Crippen molar-refractivity contribution >= 4 is 34.6 Å². The van der Waals surface area contributed by atoms with Gasteiger partial charge in [0.25, 0.3) is 0 Å². The van der Waals surface area contributed by atoms with Crippen LogP contribution in [0.15, 0.2) is 24.5 Å². The van der Waals surface area contributed by atoms with E-state index in [9.17, 15) is 4.39 Å². The first kappa shape index (κ1) is 12.4. The fraction of sp³-hybridized carbons (Fsp3) is 0.0909. The van der Waals surface area contributed by atoms with Gasteiger partial charge in [0.2, 0.25) is 0 Å². The van der Waals surface area contributed by atoms with Gasteiger partial charge in [0, 0.05) is 12.7 Å². The molecule has 0 aliphatic rings. The summed E-state index contributed by atoms with van der Waals surface area (Å²) in [6.07, 6.45) is 1.37. The second kappa shape index (κ2) is 5.05. The standard InChI is InChI=1S/C11H11ClFN5/c1-15-10-9(14)11(17-5-16-10)18-6-2-3-8(13)7(12)4-6/h2-5H,14H2,1H3,(H2,15,16,17,18). The summed E-state index contributed by atoms with van der Waals surface area (Å²) in [6.45, 7) is 0. The molecule has 0 fully saturated rings. The molecule has 2 aromatic rings. The number of halogens is 2. The van der Waals surface area contributed by atoms with Crippen molar-refractivity contribution in [3.8, 4) is 0 Å². The third-order valence-electron chi connectivity index (χ3n) is 2.30. The van der Waals surface area contributed by atoms with Gasteiger partial charge in [-0.1, -0.05) is 11.6 Å². The van der Waals surface area contributed by atoms with Crippen molar-refractivity contribution in [2.24, 2.45) is 0 Å². The van der Waals surface area contributed by atoms with E-state index in [1.165, 1.54) is 18.5 Å². The predicted octanol–water partition coefficient (Wildman–Crippen LogP) is 2.64. The maximum absolute atomic E-state index is 13.0. The fourth-order valence-electron chi connectivity index (χ4n) is 1.41. The highest BCUT2D eigenvalue weighted by Crippen LogP contribution is 2.27. The molecular weight excluding hydrogens is 257 g/mol. The Bertz CT molecular complexity index is 575. The maximum Gasteiger partial charge on any atom is 0.159 e. The fourth-order valence-corrected chi connectivity index (χ4v) is 1.59. The molecule has 7 heteroatoms. The Morgan fingerprint density at radius 1 is 1.28 bits per heavy atom. The zero-order valence-electron chi connectivity index (χ0n) is 9.54. The molecule has 0 spiro atoms. The number of benzene rings is 1. The average molecular weight is 268 g/mol. The van der Waals surface area contributed by atoms with E-state index in [4.69, 9.17) is 17.3 Å². The minimum atomic E-state index is -0.478. The third kappa shape index (κ3) is 2.43. The Kier molecular flexibility index (Phi) is 3.47. The van der Waals surface area contributed by atoms with Gasteiger partial charge in [-0.25, -0.2) is 14.4 Å². The van der Waals surface area contributed by atoms with Crippen LogP contribution >= 0.6 is 11.6 Å². The Labute approximate surface area is 108 Å². The first-order valence-electron chi connectivity index (χ1n) is 5.12. The first-order chi connectivity index (χ1) is 8.61. The number of hydrogen-bond donors (Lipinski definition) is 3. The molecule has 94 valence electrons. The summed E-state index contributed by atoms with van der Waals surface area (Å²) >= 11 is 5.69. The zero-order chi connectivity index (χ0) is 13.1. The van der Waals surface area contributed by atoms with Gasteiger partial charge in [0.1, 0.15) is 17.8 Å². The van der Waals surface area contributed by atoms with Crippen LogP contribution in [0.2, 0.25) is 5.02 Å². The monoisotopic (exact) mass is 267 g/mol. The van der Waals surface area contributed by atoms with E-state index < -0.39 is 5.82 Å². The normalized spacial score (nSPS) is 10.2. The van der Waals surface area contributed by atoms with Gasteiger partial charge in [-0.05, 0) is 18.2 Å². The number of nitrogen functional groups attached to an aromatic ring is 1. The number of aromatic nitrogens is 2. The second-order valence-corrected chi connectivity index (χ2v) is 3.90. The lowest BCUT2D eigenvalue weighted by molar-refractivity contribution is 0.628. The van der Waals surface area contributed by atoms with Crippen molar-refractivity contribution in [2.75, 3.05) is 23.4 Å².